The minimum atomic E-state index is 0.450. The summed E-state index contributed by atoms with van der Waals surface area (Å²) in [4.78, 5) is 13.8. The first-order valence-electron chi connectivity index (χ1n) is 5.60. The average Bonchev–Trinajstić information content (AvgIpc) is 2.71. The number of halogens is 1. The molecule has 6 heteroatoms. The summed E-state index contributed by atoms with van der Waals surface area (Å²) in [6.07, 6.45) is 0.830. The predicted molar refractivity (Wildman–Crippen MR) is 72.6 cm³/mol. The van der Waals surface area contributed by atoms with Crippen LogP contribution in [0.3, 0.4) is 0 Å². The summed E-state index contributed by atoms with van der Waals surface area (Å²) in [6, 6.07) is 0. The number of hydrogen-bond donors (Lipinski definition) is 0. The zero-order valence-corrected chi connectivity index (χ0v) is 12.1. The third-order valence-corrected chi connectivity index (χ3v) is 3.93. The number of hydrogen-bond acceptors (Lipinski definition) is 5. The lowest BCUT2D eigenvalue weighted by Gasteiger charge is -2.09. The molecule has 96 valence electrons. The Bertz CT molecular complexity index is 556. The molecule has 0 radical (unpaired) electrons. The van der Waals surface area contributed by atoms with E-state index in [-0.39, 0.29) is 0 Å². The van der Waals surface area contributed by atoms with Crippen molar-refractivity contribution < 1.29 is 4.74 Å². The van der Waals surface area contributed by atoms with Crippen molar-refractivity contribution in [3.8, 4) is 5.88 Å². The van der Waals surface area contributed by atoms with Crippen molar-refractivity contribution >= 4 is 22.9 Å². The molecule has 0 bridgehead atoms. The molecule has 0 aliphatic heterocycles. The van der Waals surface area contributed by atoms with Crippen LogP contribution in [0.15, 0.2) is 5.51 Å². The lowest BCUT2D eigenvalue weighted by Crippen LogP contribution is -2.06. The molecule has 0 unspecified atom stereocenters. The van der Waals surface area contributed by atoms with Gasteiger partial charge in [0.25, 0.3) is 0 Å². The van der Waals surface area contributed by atoms with Crippen LogP contribution in [-0.4, -0.2) is 21.6 Å². The van der Waals surface area contributed by atoms with Crippen molar-refractivity contribution in [2.75, 3.05) is 6.61 Å². The number of thiazole rings is 1. The third-order valence-electron chi connectivity index (χ3n) is 2.57. The van der Waals surface area contributed by atoms with Crippen LogP contribution in [0.2, 0.25) is 5.15 Å². The molecular formula is C12H14ClN3OS. The highest BCUT2D eigenvalue weighted by molar-refractivity contribution is 7.09. The standard InChI is InChI=1S/C12H14ClN3OS/c1-7-11(13)15-9(3)16-12(7)17-5-4-10-8(2)14-6-18-10/h6H,4-5H2,1-3H3. The second-order valence-corrected chi connectivity index (χ2v) is 5.25. The Morgan fingerprint density at radius 2 is 2.06 bits per heavy atom. The van der Waals surface area contributed by atoms with E-state index in [2.05, 4.69) is 15.0 Å². The van der Waals surface area contributed by atoms with Crippen LogP contribution in [0.5, 0.6) is 5.88 Å². The maximum atomic E-state index is 5.98. The van der Waals surface area contributed by atoms with Gasteiger partial charge in [0, 0.05) is 16.9 Å². The summed E-state index contributed by atoms with van der Waals surface area (Å²) in [6.45, 7) is 6.22. The van der Waals surface area contributed by atoms with Gasteiger partial charge in [-0.25, -0.2) is 9.97 Å². The third kappa shape index (κ3) is 2.97. The largest absolute Gasteiger partial charge is 0.477 e. The molecule has 0 aliphatic carbocycles. The second-order valence-electron chi connectivity index (χ2n) is 3.95. The molecule has 18 heavy (non-hydrogen) atoms. The Morgan fingerprint density at radius 1 is 1.28 bits per heavy atom. The van der Waals surface area contributed by atoms with Crippen LogP contribution in [0, 0.1) is 20.8 Å². The highest BCUT2D eigenvalue weighted by Gasteiger charge is 2.09. The van der Waals surface area contributed by atoms with Gasteiger partial charge in [-0.1, -0.05) is 11.6 Å². The van der Waals surface area contributed by atoms with E-state index < -0.39 is 0 Å². The molecule has 0 N–H and O–H groups in total. The molecule has 0 fully saturated rings. The fraction of sp³-hybridized carbons (Fsp3) is 0.417. The zero-order valence-electron chi connectivity index (χ0n) is 10.5. The number of rotatable bonds is 4. The van der Waals surface area contributed by atoms with Gasteiger partial charge in [0.15, 0.2) is 0 Å². The predicted octanol–water partition coefficient (Wildman–Crippen LogP) is 3.13. The van der Waals surface area contributed by atoms with Gasteiger partial charge in [0.1, 0.15) is 11.0 Å². The monoisotopic (exact) mass is 283 g/mol. The molecule has 0 aliphatic rings. The maximum Gasteiger partial charge on any atom is 0.221 e. The summed E-state index contributed by atoms with van der Waals surface area (Å²) in [5.41, 5.74) is 3.70. The first-order valence-corrected chi connectivity index (χ1v) is 6.86. The quantitative estimate of drug-likeness (QED) is 0.809. The second kappa shape index (κ2) is 5.63. The fourth-order valence-electron chi connectivity index (χ4n) is 1.52. The van der Waals surface area contributed by atoms with Crippen LogP contribution in [-0.2, 0) is 6.42 Å². The fourth-order valence-corrected chi connectivity index (χ4v) is 2.48. The number of nitrogens with zero attached hydrogens (tertiary/aromatic N) is 3. The molecule has 0 saturated carbocycles. The SMILES string of the molecule is Cc1nc(Cl)c(C)c(OCCc2scnc2C)n1. The van der Waals surface area contributed by atoms with Gasteiger partial charge in [-0.05, 0) is 20.8 Å². The molecule has 0 aromatic carbocycles. The van der Waals surface area contributed by atoms with Crippen molar-refractivity contribution in [3.05, 3.63) is 32.6 Å². The molecule has 4 nitrogen and oxygen atoms in total. The highest BCUT2D eigenvalue weighted by Crippen LogP contribution is 2.22. The molecule has 2 aromatic rings. The molecule has 0 amide bonds. The molecular weight excluding hydrogens is 270 g/mol. The van der Waals surface area contributed by atoms with Crippen LogP contribution >= 0.6 is 22.9 Å². The molecule has 2 aromatic heterocycles. The van der Waals surface area contributed by atoms with Crippen molar-refractivity contribution in [2.24, 2.45) is 0 Å². The number of ether oxygens (including phenoxy) is 1. The van der Waals surface area contributed by atoms with Crippen LogP contribution in [0.25, 0.3) is 0 Å². The lowest BCUT2D eigenvalue weighted by atomic mass is 10.3. The zero-order chi connectivity index (χ0) is 13.1. The van der Waals surface area contributed by atoms with E-state index in [0.29, 0.717) is 23.5 Å². The van der Waals surface area contributed by atoms with E-state index in [4.69, 9.17) is 16.3 Å². The van der Waals surface area contributed by atoms with Gasteiger partial charge in [-0.3, -0.25) is 0 Å². The first-order chi connectivity index (χ1) is 8.58. The maximum absolute atomic E-state index is 5.98. The summed E-state index contributed by atoms with van der Waals surface area (Å²) < 4.78 is 5.67. The van der Waals surface area contributed by atoms with Gasteiger partial charge in [-0.15, -0.1) is 11.3 Å². The van der Waals surface area contributed by atoms with Gasteiger partial charge < -0.3 is 4.74 Å². The van der Waals surface area contributed by atoms with E-state index in [1.165, 1.54) is 4.88 Å². The minimum absolute atomic E-state index is 0.450. The van der Waals surface area contributed by atoms with Gasteiger partial charge in [-0.2, -0.15) is 4.98 Å². The Morgan fingerprint density at radius 3 is 2.72 bits per heavy atom. The van der Waals surface area contributed by atoms with Gasteiger partial charge in [0.2, 0.25) is 5.88 Å². The summed E-state index contributed by atoms with van der Waals surface area (Å²) in [5, 5.41) is 0.450. The van der Waals surface area contributed by atoms with E-state index in [1.54, 1.807) is 18.3 Å². The van der Waals surface area contributed by atoms with E-state index >= 15 is 0 Å². The van der Waals surface area contributed by atoms with Crippen molar-refractivity contribution in [2.45, 2.75) is 27.2 Å². The van der Waals surface area contributed by atoms with Crippen molar-refractivity contribution in [1.82, 2.24) is 15.0 Å². The number of aryl methyl sites for hydroxylation is 2. The summed E-state index contributed by atoms with van der Waals surface area (Å²) in [7, 11) is 0. The van der Waals surface area contributed by atoms with Crippen LogP contribution in [0.1, 0.15) is 22.0 Å². The van der Waals surface area contributed by atoms with Gasteiger partial charge >= 0.3 is 0 Å². The Labute approximate surface area is 115 Å². The Kier molecular flexibility index (Phi) is 4.14. The number of aromatic nitrogens is 3. The topological polar surface area (TPSA) is 47.9 Å². The highest BCUT2D eigenvalue weighted by atomic mass is 35.5. The molecule has 0 atom stereocenters. The molecule has 2 rings (SSSR count). The molecule has 0 saturated heterocycles. The van der Waals surface area contributed by atoms with E-state index in [0.717, 1.165) is 17.7 Å². The summed E-state index contributed by atoms with van der Waals surface area (Å²) in [5.74, 6) is 1.18. The smallest absolute Gasteiger partial charge is 0.221 e. The minimum Gasteiger partial charge on any atom is -0.477 e. The Hall–Kier alpha value is -1.20. The average molecular weight is 284 g/mol. The van der Waals surface area contributed by atoms with Crippen LogP contribution < -0.4 is 4.74 Å². The van der Waals surface area contributed by atoms with Crippen molar-refractivity contribution in [3.63, 3.8) is 0 Å². The Balaban J connectivity index is 2.01. The van der Waals surface area contributed by atoms with Crippen molar-refractivity contribution in [1.29, 1.82) is 0 Å². The molecule has 2 heterocycles. The van der Waals surface area contributed by atoms with Gasteiger partial charge in [0.05, 0.1) is 17.8 Å². The normalized spacial score (nSPS) is 10.7. The van der Waals surface area contributed by atoms with Crippen LogP contribution in [0.4, 0.5) is 0 Å². The lowest BCUT2D eigenvalue weighted by molar-refractivity contribution is 0.306. The van der Waals surface area contributed by atoms with E-state index in [9.17, 15) is 0 Å². The molecule has 0 spiro atoms. The van der Waals surface area contributed by atoms with E-state index in [1.807, 2.05) is 19.4 Å². The first kappa shape index (κ1) is 13.2. The summed E-state index contributed by atoms with van der Waals surface area (Å²) >= 11 is 7.63.